The molecule has 0 bridgehead atoms. The molecular weight excluding hydrogens is 331 g/mol. The van der Waals surface area contributed by atoms with Gasteiger partial charge in [0.2, 0.25) is 5.91 Å². The number of anilines is 1. The minimum Gasteiger partial charge on any atom is -0.481 e. The van der Waals surface area contributed by atoms with E-state index in [4.69, 9.17) is 5.11 Å². The van der Waals surface area contributed by atoms with Gasteiger partial charge >= 0.3 is 5.97 Å². The molecule has 110 valence electrons. The van der Waals surface area contributed by atoms with Crippen molar-refractivity contribution in [2.24, 2.45) is 5.92 Å². The van der Waals surface area contributed by atoms with Crippen molar-refractivity contribution in [3.05, 3.63) is 28.5 Å². The van der Waals surface area contributed by atoms with Crippen LogP contribution < -0.4 is 5.32 Å². The minimum atomic E-state index is -0.920. The first kappa shape index (κ1) is 16.6. The Balaban J connectivity index is 2.53. The molecule has 0 aliphatic heterocycles. The van der Waals surface area contributed by atoms with Gasteiger partial charge in [0.1, 0.15) is 5.82 Å². The Hall–Kier alpha value is -1.47. The van der Waals surface area contributed by atoms with Crippen LogP contribution in [0.15, 0.2) is 22.7 Å². The highest BCUT2D eigenvalue weighted by Crippen LogP contribution is 2.19. The number of carboxylic acids is 1. The number of hydrogen-bond donors (Lipinski definition) is 2. The molecule has 0 aliphatic carbocycles. The van der Waals surface area contributed by atoms with E-state index in [0.29, 0.717) is 4.47 Å². The number of likely N-dealkylation sites (N-methyl/N-ethyl adjacent to an activating group) is 1. The standard InChI is InChI=1S/C13H16BrFN2O3/c1-8(13(19)20)6-17(2)7-12(18)16-11-4-3-9(14)5-10(11)15/h3-5,8H,6-7H2,1-2H3,(H,16,18)(H,19,20). The van der Waals surface area contributed by atoms with Gasteiger partial charge < -0.3 is 10.4 Å². The van der Waals surface area contributed by atoms with Gasteiger partial charge in [-0.25, -0.2) is 4.39 Å². The molecule has 0 saturated heterocycles. The number of amides is 1. The number of carboxylic acid groups (broad SMARTS) is 1. The molecule has 0 saturated carbocycles. The normalized spacial score (nSPS) is 12.2. The van der Waals surface area contributed by atoms with Crippen LogP contribution in [0.3, 0.4) is 0 Å². The number of aliphatic carboxylic acids is 1. The molecule has 0 aliphatic rings. The highest BCUT2D eigenvalue weighted by Gasteiger charge is 2.16. The van der Waals surface area contributed by atoms with Crippen LogP contribution in [0, 0.1) is 11.7 Å². The molecule has 1 amide bonds. The first-order chi connectivity index (χ1) is 9.29. The molecular formula is C13H16BrFN2O3. The number of rotatable bonds is 6. The van der Waals surface area contributed by atoms with E-state index in [-0.39, 0.29) is 18.8 Å². The summed E-state index contributed by atoms with van der Waals surface area (Å²) < 4.78 is 14.1. The summed E-state index contributed by atoms with van der Waals surface area (Å²) in [4.78, 5) is 24.0. The van der Waals surface area contributed by atoms with Crippen molar-refractivity contribution in [3.63, 3.8) is 0 Å². The van der Waals surface area contributed by atoms with Crippen molar-refractivity contribution in [2.45, 2.75) is 6.92 Å². The second kappa shape index (κ2) is 7.35. The zero-order chi connectivity index (χ0) is 15.3. The minimum absolute atomic E-state index is 0.00682. The van der Waals surface area contributed by atoms with Crippen molar-refractivity contribution in [2.75, 3.05) is 25.5 Å². The molecule has 1 aromatic rings. The maximum absolute atomic E-state index is 13.5. The lowest BCUT2D eigenvalue weighted by Crippen LogP contribution is -2.35. The third kappa shape index (κ3) is 5.26. The lowest BCUT2D eigenvalue weighted by molar-refractivity contribution is -0.141. The Morgan fingerprint density at radius 1 is 1.50 bits per heavy atom. The van der Waals surface area contributed by atoms with Crippen LogP contribution in [0.4, 0.5) is 10.1 Å². The third-order valence-electron chi connectivity index (χ3n) is 2.63. The van der Waals surface area contributed by atoms with Gasteiger partial charge in [-0.15, -0.1) is 0 Å². The Kier molecular flexibility index (Phi) is 6.09. The van der Waals surface area contributed by atoms with Crippen LogP contribution in [-0.2, 0) is 9.59 Å². The fourth-order valence-corrected chi connectivity index (χ4v) is 1.97. The van der Waals surface area contributed by atoms with Gasteiger partial charge in [-0.05, 0) is 25.2 Å². The predicted octanol–water partition coefficient (Wildman–Crippen LogP) is 2.18. The monoisotopic (exact) mass is 346 g/mol. The van der Waals surface area contributed by atoms with Gasteiger partial charge in [0.15, 0.2) is 0 Å². The number of nitrogens with one attached hydrogen (secondary N) is 1. The molecule has 1 unspecified atom stereocenters. The van der Waals surface area contributed by atoms with Crippen LogP contribution in [0.1, 0.15) is 6.92 Å². The Morgan fingerprint density at radius 2 is 2.15 bits per heavy atom. The SMILES string of the molecule is CC(CN(C)CC(=O)Nc1ccc(Br)cc1F)C(=O)O. The van der Waals surface area contributed by atoms with Gasteiger partial charge in [0.05, 0.1) is 18.2 Å². The topological polar surface area (TPSA) is 69.6 Å². The van der Waals surface area contributed by atoms with Gasteiger partial charge in [-0.2, -0.15) is 0 Å². The third-order valence-corrected chi connectivity index (χ3v) is 3.12. The van der Waals surface area contributed by atoms with E-state index in [1.807, 2.05) is 0 Å². The summed E-state index contributed by atoms with van der Waals surface area (Å²) in [6.07, 6.45) is 0. The lowest BCUT2D eigenvalue weighted by atomic mass is 10.2. The first-order valence-electron chi connectivity index (χ1n) is 5.96. The average Bonchev–Trinajstić information content (AvgIpc) is 2.32. The molecule has 0 heterocycles. The fourth-order valence-electron chi connectivity index (χ4n) is 1.64. The number of carbonyl (C=O) groups is 2. The fraction of sp³-hybridized carbons (Fsp3) is 0.385. The smallest absolute Gasteiger partial charge is 0.307 e. The number of hydrogen-bond acceptors (Lipinski definition) is 3. The second-order valence-corrected chi connectivity index (χ2v) is 5.52. The van der Waals surface area contributed by atoms with E-state index < -0.39 is 23.6 Å². The zero-order valence-corrected chi connectivity index (χ0v) is 12.8. The van der Waals surface area contributed by atoms with Gasteiger partial charge in [-0.1, -0.05) is 22.9 Å². The van der Waals surface area contributed by atoms with Crippen LogP contribution in [0.2, 0.25) is 0 Å². The van der Waals surface area contributed by atoms with Crippen LogP contribution in [0.5, 0.6) is 0 Å². The summed E-state index contributed by atoms with van der Waals surface area (Å²) in [6.45, 7) is 1.80. The average molecular weight is 347 g/mol. The highest BCUT2D eigenvalue weighted by molar-refractivity contribution is 9.10. The Bertz CT molecular complexity index is 510. The molecule has 0 fully saturated rings. The maximum Gasteiger partial charge on any atom is 0.307 e. The number of benzene rings is 1. The molecule has 20 heavy (non-hydrogen) atoms. The number of nitrogens with zero attached hydrogens (tertiary/aromatic N) is 1. The Labute approximate surface area is 124 Å². The molecule has 2 N–H and O–H groups in total. The first-order valence-corrected chi connectivity index (χ1v) is 6.75. The van der Waals surface area contributed by atoms with Crippen LogP contribution in [-0.4, -0.2) is 42.0 Å². The van der Waals surface area contributed by atoms with Gasteiger partial charge in [-0.3, -0.25) is 14.5 Å². The highest BCUT2D eigenvalue weighted by atomic mass is 79.9. The molecule has 0 spiro atoms. The molecule has 1 aromatic carbocycles. The van der Waals surface area contributed by atoms with E-state index in [2.05, 4.69) is 21.2 Å². The van der Waals surface area contributed by atoms with Gasteiger partial charge in [0.25, 0.3) is 0 Å². The predicted molar refractivity (Wildman–Crippen MR) is 77.0 cm³/mol. The summed E-state index contributed by atoms with van der Waals surface area (Å²) in [5.41, 5.74) is 0.0953. The summed E-state index contributed by atoms with van der Waals surface area (Å²) >= 11 is 3.13. The van der Waals surface area contributed by atoms with Crippen molar-refractivity contribution >= 4 is 33.5 Å². The van der Waals surface area contributed by atoms with E-state index in [1.165, 1.54) is 12.1 Å². The molecule has 0 aromatic heterocycles. The summed E-state index contributed by atoms with van der Waals surface area (Å²) in [5.74, 6) is -2.42. The summed E-state index contributed by atoms with van der Waals surface area (Å²) in [7, 11) is 1.64. The summed E-state index contributed by atoms with van der Waals surface area (Å²) in [5, 5.41) is 11.2. The van der Waals surface area contributed by atoms with Crippen molar-refractivity contribution in [3.8, 4) is 0 Å². The van der Waals surface area contributed by atoms with Crippen LogP contribution >= 0.6 is 15.9 Å². The van der Waals surface area contributed by atoms with E-state index in [9.17, 15) is 14.0 Å². The van der Waals surface area contributed by atoms with E-state index in [1.54, 1.807) is 24.9 Å². The summed E-state index contributed by atoms with van der Waals surface area (Å²) in [6, 6.07) is 4.33. The van der Waals surface area contributed by atoms with Crippen molar-refractivity contribution < 1.29 is 19.1 Å². The Morgan fingerprint density at radius 3 is 2.70 bits per heavy atom. The van der Waals surface area contributed by atoms with Gasteiger partial charge in [0, 0.05) is 11.0 Å². The molecule has 1 rings (SSSR count). The second-order valence-electron chi connectivity index (χ2n) is 4.61. The van der Waals surface area contributed by atoms with Crippen LogP contribution in [0.25, 0.3) is 0 Å². The largest absolute Gasteiger partial charge is 0.481 e. The maximum atomic E-state index is 13.5. The molecule has 0 radical (unpaired) electrons. The number of halogens is 2. The number of carbonyl (C=O) groups excluding carboxylic acids is 1. The zero-order valence-electron chi connectivity index (χ0n) is 11.2. The lowest BCUT2D eigenvalue weighted by Gasteiger charge is -2.18. The van der Waals surface area contributed by atoms with E-state index in [0.717, 1.165) is 0 Å². The molecule has 7 heteroatoms. The van der Waals surface area contributed by atoms with Crippen molar-refractivity contribution in [1.29, 1.82) is 0 Å². The molecule has 5 nitrogen and oxygen atoms in total. The van der Waals surface area contributed by atoms with Crippen molar-refractivity contribution in [1.82, 2.24) is 4.90 Å². The quantitative estimate of drug-likeness (QED) is 0.828. The van der Waals surface area contributed by atoms with E-state index >= 15 is 0 Å². The molecule has 1 atom stereocenters.